The van der Waals surface area contributed by atoms with Gasteiger partial charge in [-0.3, -0.25) is 4.79 Å². The molecule has 1 aliphatic heterocycles. The molecule has 19 heavy (non-hydrogen) atoms. The molecule has 1 aliphatic rings. The fourth-order valence-electron chi connectivity index (χ4n) is 2.18. The van der Waals surface area contributed by atoms with E-state index in [1.165, 1.54) is 6.07 Å². The monoisotopic (exact) mass is 318 g/mol. The minimum absolute atomic E-state index is 0.0283. The van der Waals surface area contributed by atoms with Gasteiger partial charge in [0.05, 0.1) is 5.25 Å². The highest BCUT2D eigenvalue weighted by atomic mass is 35.5. The second kappa shape index (κ2) is 7.00. The zero-order chi connectivity index (χ0) is 13.8. The van der Waals surface area contributed by atoms with Gasteiger partial charge in [0, 0.05) is 33.8 Å². The normalized spacial score (nSPS) is 23.3. The maximum Gasteiger partial charge on any atom is 0.151 e. The van der Waals surface area contributed by atoms with E-state index in [4.69, 9.17) is 11.6 Å². The number of carbonyl (C=O) groups excluding carboxylic acids is 1. The summed E-state index contributed by atoms with van der Waals surface area (Å²) in [6.45, 7) is 2.10. The predicted molar refractivity (Wildman–Crippen MR) is 82.9 cm³/mol. The van der Waals surface area contributed by atoms with Crippen LogP contribution < -0.4 is 0 Å². The average Bonchev–Trinajstić information content (AvgIpc) is 2.42. The lowest BCUT2D eigenvalue weighted by Crippen LogP contribution is -2.34. The van der Waals surface area contributed by atoms with Crippen LogP contribution >= 0.6 is 35.1 Å². The lowest BCUT2D eigenvalue weighted by Gasteiger charge is -2.28. The Balaban J connectivity index is 2.12. The summed E-state index contributed by atoms with van der Waals surface area (Å²) in [4.78, 5) is 12.4. The van der Waals surface area contributed by atoms with Crippen LogP contribution in [0.2, 0.25) is 5.02 Å². The van der Waals surface area contributed by atoms with Crippen molar-refractivity contribution in [3.05, 3.63) is 34.6 Å². The number of hydrogen-bond acceptors (Lipinski definition) is 3. The topological polar surface area (TPSA) is 17.1 Å². The molecule has 0 saturated carbocycles. The summed E-state index contributed by atoms with van der Waals surface area (Å²) >= 11 is 9.53. The van der Waals surface area contributed by atoms with Gasteiger partial charge in [0.15, 0.2) is 5.78 Å². The number of halogens is 2. The average molecular weight is 319 g/mol. The third-order valence-electron chi connectivity index (χ3n) is 3.18. The molecule has 2 unspecified atom stereocenters. The number of Topliss-reactive ketones (excluding diaryl/α,β-unsaturated/α-hetero) is 1. The minimum Gasteiger partial charge on any atom is -0.298 e. The zero-order valence-electron chi connectivity index (χ0n) is 10.7. The van der Waals surface area contributed by atoms with Gasteiger partial charge in [-0.2, -0.15) is 11.8 Å². The molecule has 0 bridgehead atoms. The van der Waals surface area contributed by atoms with E-state index in [2.05, 4.69) is 6.92 Å². The van der Waals surface area contributed by atoms with Crippen molar-refractivity contribution in [2.75, 3.05) is 11.5 Å². The Labute approximate surface area is 126 Å². The Morgan fingerprint density at radius 3 is 2.84 bits per heavy atom. The van der Waals surface area contributed by atoms with Crippen LogP contribution in [0.3, 0.4) is 0 Å². The first-order chi connectivity index (χ1) is 9.13. The molecule has 2 atom stereocenters. The molecule has 5 heteroatoms. The van der Waals surface area contributed by atoms with Crippen LogP contribution in [0.15, 0.2) is 18.2 Å². The van der Waals surface area contributed by atoms with Crippen molar-refractivity contribution in [1.29, 1.82) is 0 Å². The van der Waals surface area contributed by atoms with E-state index in [9.17, 15) is 9.18 Å². The number of carbonyl (C=O) groups is 1. The van der Waals surface area contributed by atoms with Crippen LogP contribution in [0.1, 0.15) is 18.9 Å². The highest BCUT2D eigenvalue weighted by Crippen LogP contribution is 2.35. The maximum absolute atomic E-state index is 13.7. The van der Waals surface area contributed by atoms with E-state index >= 15 is 0 Å². The van der Waals surface area contributed by atoms with Crippen molar-refractivity contribution >= 4 is 40.9 Å². The maximum atomic E-state index is 13.7. The summed E-state index contributed by atoms with van der Waals surface area (Å²) in [5.74, 6) is 1.79. The molecule has 0 radical (unpaired) electrons. The fourth-order valence-corrected chi connectivity index (χ4v) is 5.44. The van der Waals surface area contributed by atoms with Gasteiger partial charge in [-0.25, -0.2) is 4.39 Å². The third-order valence-corrected chi connectivity index (χ3v) is 6.83. The summed E-state index contributed by atoms with van der Waals surface area (Å²) < 4.78 is 13.7. The highest BCUT2D eigenvalue weighted by Gasteiger charge is 2.31. The summed E-state index contributed by atoms with van der Waals surface area (Å²) in [5.41, 5.74) is 0.334. The Bertz CT molecular complexity index is 447. The summed E-state index contributed by atoms with van der Waals surface area (Å²) in [5, 5.41) is 0.658. The largest absolute Gasteiger partial charge is 0.298 e. The fraction of sp³-hybridized carbons (Fsp3) is 0.500. The second-order valence-electron chi connectivity index (χ2n) is 4.45. The summed E-state index contributed by atoms with van der Waals surface area (Å²) in [7, 11) is 0. The molecule has 1 nitrogen and oxygen atoms in total. The van der Waals surface area contributed by atoms with Crippen molar-refractivity contribution in [1.82, 2.24) is 0 Å². The molecule has 2 rings (SSSR count). The van der Waals surface area contributed by atoms with E-state index in [-0.39, 0.29) is 23.3 Å². The number of rotatable bonds is 4. The van der Waals surface area contributed by atoms with E-state index in [1.807, 2.05) is 11.8 Å². The van der Waals surface area contributed by atoms with Crippen LogP contribution in [-0.4, -0.2) is 27.8 Å². The van der Waals surface area contributed by atoms with Gasteiger partial charge in [0.1, 0.15) is 5.82 Å². The smallest absolute Gasteiger partial charge is 0.151 e. The molecule has 1 aromatic rings. The summed E-state index contributed by atoms with van der Waals surface area (Å²) in [6, 6.07) is 4.55. The van der Waals surface area contributed by atoms with Crippen LogP contribution in [0.4, 0.5) is 4.39 Å². The van der Waals surface area contributed by atoms with Crippen LogP contribution in [0, 0.1) is 5.82 Å². The van der Waals surface area contributed by atoms with Crippen LogP contribution in [0.5, 0.6) is 0 Å². The number of ketones is 1. The highest BCUT2D eigenvalue weighted by molar-refractivity contribution is 8.07. The molecule has 0 N–H and O–H groups in total. The molecule has 104 valence electrons. The van der Waals surface area contributed by atoms with Crippen molar-refractivity contribution in [2.24, 2.45) is 0 Å². The SMILES string of the molecule is CCC1SCCSC1C(=O)Cc1c(F)cccc1Cl. The van der Waals surface area contributed by atoms with E-state index in [1.54, 1.807) is 23.9 Å². The van der Waals surface area contributed by atoms with Crippen molar-refractivity contribution < 1.29 is 9.18 Å². The van der Waals surface area contributed by atoms with E-state index in [0.29, 0.717) is 15.8 Å². The molecular weight excluding hydrogens is 303 g/mol. The molecule has 1 heterocycles. The third kappa shape index (κ3) is 3.67. The second-order valence-corrected chi connectivity index (χ2v) is 7.46. The Morgan fingerprint density at radius 1 is 1.42 bits per heavy atom. The molecular formula is C14H16ClFOS2. The van der Waals surface area contributed by atoms with Gasteiger partial charge in [0.2, 0.25) is 0 Å². The summed E-state index contributed by atoms with van der Waals surface area (Å²) in [6.07, 6.45) is 1.07. The first-order valence-corrected chi connectivity index (χ1v) is 8.79. The molecule has 0 aliphatic carbocycles. The predicted octanol–water partition coefficient (Wildman–Crippen LogP) is 4.22. The molecule has 1 aromatic carbocycles. The van der Waals surface area contributed by atoms with Gasteiger partial charge < -0.3 is 0 Å². The minimum atomic E-state index is -0.387. The van der Waals surface area contributed by atoms with Crippen molar-refractivity contribution in [3.63, 3.8) is 0 Å². The first-order valence-electron chi connectivity index (χ1n) is 6.32. The number of hydrogen-bond donors (Lipinski definition) is 0. The number of thioether (sulfide) groups is 2. The van der Waals surface area contributed by atoms with Crippen LogP contribution in [-0.2, 0) is 11.2 Å². The van der Waals surface area contributed by atoms with Gasteiger partial charge in [-0.1, -0.05) is 24.6 Å². The van der Waals surface area contributed by atoms with Crippen LogP contribution in [0.25, 0.3) is 0 Å². The molecule has 0 spiro atoms. The molecule has 1 saturated heterocycles. The van der Waals surface area contributed by atoms with Crippen molar-refractivity contribution in [2.45, 2.75) is 30.3 Å². The molecule has 0 aromatic heterocycles. The Morgan fingerprint density at radius 2 is 2.16 bits per heavy atom. The van der Waals surface area contributed by atoms with Gasteiger partial charge in [0.25, 0.3) is 0 Å². The van der Waals surface area contributed by atoms with Crippen molar-refractivity contribution in [3.8, 4) is 0 Å². The zero-order valence-corrected chi connectivity index (χ0v) is 13.1. The Hall–Kier alpha value is -0.190. The Kier molecular flexibility index (Phi) is 5.60. The standard InChI is InChI=1S/C14H16ClFOS2/c1-2-13-14(19-7-6-18-13)12(17)8-9-10(15)4-3-5-11(9)16/h3-5,13-14H,2,6-8H2,1H3. The van der Waals surface area contributed by atoms with E-state index < -0.39 is 0 Å². The lowest BCUT2D eigenvalue weighted by atomic mass is 10.0. The first kappa shape index (κ1) is 15.2. The van der Waals surface area contributed by atoms with E-state index in [0.717, 1.165) is 17.9 Å². The number of benzene rings is 1. The lowest BCUT2D eigenvalue weighted by molar-refractivity contribution is -0.118. The van der Waals surface area contributed by atoms with Gasteiger partial charge in [-0.15, -0.1) is 11.8 Å². The quantitative estimate of drug-likeness (QED) is 0.827. The van der Waals surface area contributed by atoms with Gasteiger partial charge >= 0.3 is 0 Å². The molecule has 1 fully saturated rings. The molecule has 0 amide bonds. The van der Waals surface area contributed by atoms with Gasteiger partial charge in [-0.05, 0) is 18.6 Å².